The van der Waals surface area contributed by atoms with E-state index in [1.807, 2.05) is 18.3 Å². The number of benzene rings is 1. The van der Waals surface area contributed by atoms with Gasteiger partial charge in [-0.2, -0.15) is 0 Å². The number of anilines is 1. The van der Waals surface area contributed by atoms with E-state index in [-0.39, 0.29) is 10.6 Å². The van der Waals surface area contributed by atoms with Gasteiger partial charge in [-0.05, 0) is 36.2 Å². The first-order chi connectivity index (χ1) is 9.16. The summed E-state index contributed by atoms with van der Waals surface area (Å²) in [5.74, 6) is -0.404. The van der Waals surface area contributed by atoms with E-state index >= 15 is 0 Å². The lowest BCUT2D eigenvalue weighted by Crippen LogP contribution is -2.12. The van der Waals surface area contributed by atoms with Crippen LogP contribution in [0.15, 0.2) is 42.7 Å². The topological polar surface area (TPSA) is 50.9 Å². The molecule has 0 radical (unpaired) electrons. The molecule has 2 rings (SSSR count). The number of hydrogen-bond acceptors (Lipinski definition) is 3. The standard InChI is InChI=1S/C14H14FN3S/c15-13-8-11(3-4-12(13)14(16)19)18-7-5-10-2-1-6-17-9-10/h1-4,6,8-9,18H,5,7H2,(H2,16,19). The normalized spacial score (nSPS) is 10.2. The Morgan fingerprint density at radius 3 is 2.84 bits per heavy atom. The maximum Gasteiger partial charge on any atom is 0.135 e. The second-order valence-electron chi connectivity index (χ2n) is 4.10. The van der Waals surface area contributed by atoms with Crippen LogP contribution < -0.4 is 11.1 Å². The van der Waals surface area contributed by atoms with Gasteiger partial charge >= 0.3 is 0 Å². The highest BCUT2D eigenvalue weighted by atomic mass is 32.1. The molecule has 0 bridgehead atoms. The summed E-state index contributed by atoms with van der Waals surface area (Å²) in [4.78, 5) is 4.11. The molecule has 5 heteroatoms. The highest BCUT2D eigenvalue weighted by Gasteiger charge is 2.05. The average molecular weight is 275 g/mol. The van der Waals surface area contributed by atoms with Crippen LogP contribution in [0.1, 0.15) is 11.1 Å². The first kappa shape index (κ1) is 13.4. The first-order valence-corrected chi connectivity index (χ1v) is 6.30. The van der Waals surface area contributed by atoms with Gasteiger partial charge in [0, 0.05) is 30.2 Å². The van der Waals surface area contributed by atoms with Crippen molar-refractivity contribution in [1.82, 2.24) is 4.98 Å². The molecule has 0 amide bonds. The van der Waals surface area contributed by atoms with Crippen LogP contribution in [0, 0.1) is 5.82 Å². The lowest BCUT2D eigenvalue weighted by Gasteiger charge is -2.08. The third-order valence-corrected chi connectivity index (χ3v) is 2.92. The van der Waals surface area contributed by atoms with Gasteiger partial charge in [-0.1, -0.05) is 18.3 Å². The zero-order valence-corrected chi connectivity index (χ0v) is 11.1. The molecular formula is C14H14FN3S. The summed E-state index contributed by atoms with van der Waals surface area (Å²) in [5, 5.41) is 3.15. The average Bonchev–Trinajstić information content (AvgIpc) is 2.39. The fraction of sp³-hybridized carbons (Fsp3) is 0.143. The van der Waals surface area contributed by atoms with Crippen molar-refractivity contribution < 1.29 is 4.39 Å². The second kappa shape index (κ2) is 6.24. The summed E-state index contributed by atoms with van der Waals surface area (Å²) in [5.41, 5.74) is 7.52. The predicted molar refractivity (Wildman–Crippen MR) is 78.7 cm³/mol. The molecule has 2 aromatic rings. The Hall–Kier alpha value is -2.01. The van der Waals surface area contributed by atoms with Crippen LogP contribution in [-0.2, 0) is 6.42 Å². The minimum atomic E-state index is -0.404. The largest absolute Gasteiger partial charge is 0.389 e. The fourth-order valence-electron chi connectivity index (χ4n) is 1.72. The van der Waals surface area contributed by atoms with Crippen molar-refractivity contribution in [3.05, 3.63) is 59.7 Å². The Morgan fingerprint density at radius 2 is 2.21 bits per heavy atom. The SMILES string of the molecule is NC(=S)c1ccc(NCCc2cccnc2)cc1F. The first-order valence-electron chi connectivity index (χ1n) is 5.89. The molecule has 19 heavy (non-hydrogen) atoms. The number of hydrogen-bond donors (Lipinski definition) is 2. The van der Waals surface area contributed by atoms with Gasteiger partial charge in [-0.25, -0.2) is 4.39 Å². The van der Waals surface area contributed by atoms with E-state index in [0.29, 0.717) is 12.2 Å². The van der Waals surface area contributed by atoms with Crippen LogP contribution in [-0.4, -0.2) is 16.5 Å². The van der Waals surface area contributed by atoms with Crippen molar-refractivity contribution in [1.29, 1.82) is 0 Å². The maximum absolute atomic E-state index is 13.6. The summed E-state index contributed by atoms with van der Waals surface area (Å²) in [6, 6.07) is 8.65. The Bertz CT molecular complexity index is 572. The zero-order valence-electron chi connectivity index (χ0n) is 10.3. The summed E-state index contributed by atoms with van der Waals surface area (Å²) in [6.45, 7) is 0.706. The molecule has 0 aliphatic carbocycles. The minimum Gasteiger partial charge on any atom is -0.389 e. The van der Waals surface area contributed by atoms with Gasteiger partial charge in [-0.3, -0.25) is 4.98 Å². The van der Waals surface area contributed by atoms with Crippen molar-refractivity contribution in [2.45, 2.75) is 6.42 Å². The molecule has 3 N–H and O–H groups in total. The summed E-state index contributed by atoms with van der Waals surface area (Å²) in [6.07, 6.45) is 4.38. The number of aromatic nitrogens is 1. The summed E-state index contributed by atoms with van der Waals surface area (Å²) < 4.78 is 13.6. The molecule has 0 fully saturated rings. The quantitative estimate of drug-likeness (QED) is 0.823. The fourth-order valence-corrected chi connectivity index (χ4v) is 1.89. The maximum atomic E-state index is 13.6. The Labute approximate surface area is 116 Å². The Kier molecular flexibility index (Phi) is 4.41. The second-order valence-corrected chi connectivity index (χ2v) is 4.54. The van der Waals surface area contributed by atoms with E-state index in [2.05, 4.69) is 10.3 Å². The van der Waals surface area contributed by atoms with Gasteiger partial charge in [0.1, 0.15) is 10.8 Å². The molecule has 3 nitrogen and oxygen atoms in total. The van der Waals surface area contributed by atoms with E-state index in [1.165, 1.54) is 6.07 Å². The van der Waals surface area contributed by atoms with Gasteiger partial charge in [-0.15, -0.1) is 0 Å². The van der Waals surface area contributed by atoms with E-state index in [4.69, 9.17) is 18.0 Å². The lowest BCUT2D eigenvalue weighted by molar-refractivity contribution is 0.626. The molecule has 0 saturated carbocycles. The summed E-state index contributed by atoms with van der Waals surface area (Å²) in [7, 11) is 0. The van der Waals surface area contributed by atoms with Crippen LogP contribution in [0.3, 0.4) is 0 Å². The summed E-state index contributed by atoms with van der Waals surface area (Å²) >= 11 is 4.75. The monoisotopic (exact) mass is 275 g/mol. The van der Waals surface area contributed by atoms with Crippen LogP contribution in [0.2, 0.25) is 0 Å². The van der Waals surface area contributed by atoms with Crippen LogP contribution in [0.25, 0.3) is 0 Å². The number of halogens is 1. The lowest BCUT2D eigenvalue weighted by atomic mass is 10.2. The highest BCUT2D eigenvalue weighted by Crippen LogP contribution is 2.14. The van der Waals surface area contributed by atoms with Crippen molar-refractivity contribution in [3.63, 3.8) is 0 Å². The van der Waals surface area contributed by atoms with Crippen molar-refractivity contribution in [2.24, 2.45) is 5.73 Å². The van der Waals surface area contributed by atoms with Crippen LogP contribution in [0.4, 0.5) is 10.1 Å². The number of pyridine rings is 1. The zero-order chi connectivity index (χ0) is 13.7. The van der Waals surface area contributed by atoms with Gasteiger partial charge in [0.05, 0.1) is 0 Å². The Morgan fingerprint density at radius 1 is 1.37 bits per heavy atom. The van der Waals surface area contributed by atoms with Gasteiger partial charge in [0.15, 0.2) is 0 Å². The smallest absolute Gasteiger partial charge is 0.135 e. The number of nitrogens with one attached hydrogen (secondary N) is 1. The van der Waals surface area contributed by atoms with E-state index in [1.54, 1.807) is 18.3 Å². The molecule has 1 aromatic heterocycles. The van der Waals surface area contributed by atoms with Gasteiger partial charge < -0.3 is 11.1 Å². The predicted octanol–water partition coefficient (Wildman–Crippen LogP) is 2.51. The minimum absolute atomic E-state index is 0.0689. The molecule has 0 aliphatic heterocycles. The third-order valence-electron chi connectivity index (χ3n) is 2.70. The highest BCUT2D eigenvalue weighted by molar-refractivity contribution is 7.80. The molecule has 0 atom stereocenters. The molecule has 0 saturated heterocycles. The number of rotatable bonds is 5. The molecule has 0 spiro atoms. The van der Waals surface area contributed by atoms with Crippen LogP contribution >= 0.6 is 12.2 Å². The molecule has 1 aromatic carbocycles. The molecule has 98 valence electrons. The molecule has 1 heterocycles. The van der Waals surface area contributed by atoms with Gasteiger partial charge in [0.25, 0.3) is 0 Å². The number of nitrogens with two attached hydrogens (primary N) is 1. The van der Waals surface area contributed by atoms with Crippen LogP contribution in [0.5, 0.6) is 0 Å². The van der Waals surface area contributed by atoms with Crippen molar-refractivity contribution in [2.75, 3.05) is 11.9 Å². The molecule has 0 aliphatic rings. The van der Waals surface area contributed by atoms with Gasteiger partial charge in [0.2, 0.25) is 0 Å². The van der Waals surface area contributed by atoms with E-state index in [9.17, 15) is 4.39 Å². The van der Waals surface area contributed by atoms with Crippen molar-refractivity contribution >= 4 is 22.9 Å². The van der Waals surface area contributed by atoms with Crippen molar-refractivity contribution in [3.8, 4) is 0 Å². The Balaban J connectivity index is 1.93. The van der Waals surface area contributed by atoms with E-state index < -0.39 is 5.82 Å². The van der Waals surface area contributed by atoms with E-state index in [0.717, 1.165) is 12.0 Å². The third kappa shape index (κ3) is 3.72. The molecule has 0 unspecified atom stereocenters. The number of thiocarbonyl (C=S) groups is 1. The molecular weight excluding hydrogens is 261 g/mol. The number of nitrogens with zero attached hydrogens (tertiary/aromatic N) is 1.